The third kappa shape index (κ3) is 3.01. The number of rotatable bonds is 5. The van der Waals surface area contributed by atoms with Crippen molar-refractivity contribution < 1.29 is 9.59 Å². The first-order chi connectivity index (χ1) is 9.99. The van der Waals surface area contributed by atoms with Crippen molar-refractivity contribution in [1.29, 1.82) is 5.41 Å². The fourth-order valence-corrected chi connectivity index (χ4v) is 3.91. The molecule has 1 aromatic rings. The Morgan fingerprint density at radius 2 is 2.29 bits per heavy atom. The molecule has 0 bridgehead atoms. The van der Waals surface area contributed by atoms with Gasteiger partial charge in [0.05, 0.1) is 18.0 Å². The molecule has 2 N–H and O–H groups in total. The standard InChI is InChI=1S/C14H16ClN3O2S/c1-8(15)12-9-4-6-18(14(20)10(19)3-5-16)7-11(9)21-13(12)17-2/h5,16-17H,1,3-4,6-7H2,2H3. The van der Waals surface area contributed by atoms with Gasteiger partial charge in [-0.1, -0.05) is 18.2 Å². The summed E-state index contributed by atoms with van der Waals surface area (Å²) in [7, 11) is 1.82. The molecule has 1 aliphatic rings. The Morgan fingerprint density at radius 3 is 2.86 bits per heavy atom. The summed E-state index contributed by atoms with van der Waals surface area (Å²) in [4.78, 5) is 26.2. The van der Waals surface area contributed by atoms with Crippen LogP contribution < -0.4 is 5.32 Å². The first kappa shape index (κ1) is 15.7. The van der Waals surface area contributed by atoms with Gasteiger partial charge in [-0.15, -0.1) is 11.3 Å². The molecule has 0 atom stereocenters. The lowest BCUT2D eigenvalue weighted by atomic mass is 10.0. The molecule has 21 heavy (non-hydrogen) atoms. The second-order valence-electron chi connectivity index (χ2n) is 4.67. The van der Waals surface area contributed by atoms with Crippen LogP contribution in [0.25, 0.3) is 5.03 Å². The molecule has 0 aliphatic carbocycles. The maximum absolute atomic E-state index is 12.0. The highest BCUT2D eigenvalue weighted by atomic mass is 35.5. The molecule has 112 valence electrons. The highest BCUT2D eigenvalue weighted by Crippen LogP contribution is 2.41. The van der Waals surface area contributed by atoms with E-state index in [1.807, 2.05) is 7.05 Å². The summed E-state index contributed by atoms with van der Waals surface area (Å²) in [5, 5.41) is 11.4. The van der Waals surface area contributed by atoms with Gasteiger partial charge in [0.1, 0.15) is 0 Å². The zero-order chi connectivity index (χ0) is 15.6. The molecule has 1 amide bonds. The first-order valence-corrected chi connectivity index (χ1v) is 7.67. The van der Waals surface area contributed by atoms with Gasteiger partial charge in [0.15, 0.2) is 0 Å². The molecule has 0 aromatic carbocycles. The first-order valence-electron chi connectivity index (χ1n) is 6.47. The van der Waals surface area contributed by atoms with E-state index in [1.165, 1.54) is 16.2 Å². The number of anilines is 1. The summed E-state index contributed by atoms with van der Waals surface area (Å²) in [6, 6.07) is 0. The van der Waals surface area contributed by atoms with Crippen LogP contribution >= 0.6 is 22.9 Å². The lowest BCUT2D eigenvalue weighted by molar-refractivity contribution is -0.144. The number of nitrogens with one attached hydrogen (secondary N) is 2. The van der Waals surface area contributed by atoms with Crippen molar-refractivity contribution >= 4 is 50.9 Å². The summed E-state index contributed by atoms with van der Waals surface area (Å²) in [6.07, 6.45) is 1.46. The van der Waals surface area contributed by atoms with Gasteiger partial charge in [-0.25, -0.2) is 0 Å². The molecule has 7 heteroatoms. The topological polar surface area (TPSA) is 73.3 Å². The number of fused-ring (bicyclic) bond motifs is 1. The predicted molar refractivity (Wildman–Crippen MR) is 86.3 cm³/mol. The van der Waals surface area contributed by atoms with E-state index < -0.39 is 11.7 Å². The maximum atomic E-state index is 12.0. The molecule has 0 saturated carbocycles. The number of hydrogen-bond donors (Lipinski definition) is 2. The molecule has 1 aromatic heterocycles. The second-order valence-corrected chi connectivity index (χ2v) is 6.23. The van der Waals surface area contributed by atoms with Crippen molar-refractivity contribution in [2.45, 2.75) is 19.4 Å². The van der Waals surface area contributed by atoms with Gasteiger partial charge in [0.2, 0.25) is 5.78 Å². The van der Waals surface area contributed by atoms with E-state index in [1.54, 1.807) is 0 Å². The fourth-order valence-electron chi connectivity index (χ4n) is 2.40. The molecule has 0 unspecified atom stereocenters. The average molecular weight is 326 g/mol. The Labute approximate surface area is 132 Å². The molecule has 1 aliphatic heterocycles. The molecule has 0 radical (unpaired) electrons. The van der Waals surface area contributed by atoms with Crippen LogP contribution in [-0.4, -0.2) is 36.4 Å². The van der Waals surface area contributed by atoms with Crippen molar-refractivity contribution in [2.75, 3.05) is 18.9 Å². The minimum atomic E-state index is -0.541. The number of halogens is 1. The van der Waals surface area contributed by atoms with Crippen molar-refractivity contribution in [3.8, 4) is 0 Å². The van der Waals surface area contributed by atoms with Crippen molar-refractivity contribution in [1.82, 2.24) is 4.90 Å². The molecule has 5 nitrogen and oxygen atoms in total. The van der Waals surface area contributed by atoms with Gasteiger partial charge < -0.3 is 15.6 Å². The highest BCUT2D eigenvalue weighted by Gasteiger charge is 2.29. The normalized spacial score (nSPS) is 13.5. The number of hydrogen-bond acceptors (Lipinski definition) is 5. The Bertz CT molecular complexity index is 624. The number of thiophene rings is 1. The van der Waals surface area contributed by atoms with E-state index in [0.29, 0.717) is 24.5 Å². The Morgan fingerprint density at radius 1 is 1.57 bits per heavy atom. The molecule has 0 spiro atoms. The van der Waals surface area contributed by atoms with E-state index >= 15 is 0 Å². The zero-order valence-electron chi connectivity index (χ0n) is 11.7. The summed E-state index contributed by atoms with van der Waals surface area (Å²) in [5.74, 6) is -1.06. The Hall–Kier alpha value is -1.66. The summed E-state index contributed by atoms with van der Waals surface area (Å²) >= 11 is 7.60. The number of Topliss-reactive ketones (excluding diaryl/α,β-unsaturated/α-hetero) is 1. The molecular formula is C14H16ClN3O2S. The second kappa shape index (κ2) is 6.41. The smallest absolute Gasteiger partial charge is 0.290 e. The molecule has 0 fully saturated rings. The van der Waals surface area contributed by atoms with Crippen LogP contribution in [0.2, 0.25) is 0 Å². The summed E-state index contributed by atoms with van der Waals surface area (Å²) in [6.45, 7) is 4.68. The molecule has 2 heterocycles. The zero-order valence-corrected chi connectivity index (χ0v) is 13.2. The fraction of sp³-hybridized carbons (Fsp3) is 0.357. The van der Waals surface area contributed by atoms with Gasteiger partial charge in [0, 0.05) is 35.3 Å². The van der Waals surface area contributed by atoms with Crippen LogP contribution in [0.3, 0.4) is 0 Å². The van der Waals surface area contributed by atoms with Crippen molar-refractivity contribution in [3.05, 3.63) is 22.6 Å². The number of carbonyl (C=O) groups is 2. The van der Waals surface area contributed by atoms with Gasteiger partial charge in [-0.05, 0) is 12.0 Å². The third-order valence-corrected chi connectivity index (χ3v) is 4.79. The van der Waals surface area contributed by atoms with Crippen LogP contribution in [-0.2, 0) is 22.6 Å². The number of carbonyl (C=O) groups excluding carboxylic acids is 2. The van der Waals surface area contributed by atoms with Gasteiger partial charge >= 0.3 is 0 Å². The molecular weight excluding hydrogens is 310 g/mol. The van der Waals surface area contributed by atoms with Crippen LogP contribution in [0.1, 0.15) is 22.4 Å². The maximum Gasteiger partial charge on any atom is 0.290 e. The predicted octanol–water partition coefficient (Wildman–Crippen LogP) is 2.49. The minimum Gasteiger partial charge on any atom is -0.379 e. The largest absolute Gasteiger partial charge is 0.379 e. The number of nitrogens with zero attached hydrogens (tertiary/aromatic N) is 1. The summed E-state index contributed by atoms with van der Waals surface area (Å²) < 4.78 is 0. The monoisotopic (exact) mass is 325 g/mol. The lowest BCUT2D eigenvalue weighted by Gasteiger charge is -2.26. The van der Waals surface area contributed by atoms with Crippen LogP contribution in [0.15, 0.2) is 6.58 Å². The highest BCUT2D eigenvalue weighted by molar-refractivity contribution is 7.16. The van der Waals surface area contributed by atoms with Crippen LogP contribution in [0, 0.1) is 5.41 Å². The number of ketones is 1. The quantitative estimate of drug-likeness (QED) is 0.645. The third-order valence-electron chi connectivity index (χ3n) is 3.37. The summed E-state index contributed by atoms with van der Waals surface area (Å²) in [5.41, 5.74) is 2.02. The van der Waals surface area contributed by atoms with E-state index in [-0.39, 0.29) is 6.42 Å². The van der Waals surface area contributed by atoms with Crippen molar-refractivity contribution in [2.24, 2.45) is 0 Å². The van der Waals surface area contributed by atoms with E-state index in [4.69, 9.17) is 17.0 Å². The van der Waals surface area contributed by atoms with E-state index in [9.17, 15) is 9.59 Å². The van der Waals surface area contributed by atoms with Gasteiger partial charge in [-0.3, -0.25) is 9.59 Å². The Balaban J connectivity index is 2.25. The Kier molecular flexibility index (Phi) is 4.80. The average Bonchev–Trinajstić information content (AvgIpc) is 2.84. The van der Waals surface area contributed by atoms with Crippen LogP contribution in [0.4, 0.5) is 5.00 Å². The lowest BCUT2D eigenvalue weighted by Crippen LogP contribution is -2.39. The van der Waals surface area contributed by atoms with E-state index in [0.717, 1.165) is 27.2 Å². The van der Waals surface area contributed by atoms with Gasteiger partial charge in [0.25, 0.3) is 5.91 Å². The SMILES string of the molecule is C=C(Cl)c1c(NC)sc2c1CCN(C(=O)C(=O)CC=N)C2. The molecule has 0 saturated heterocycles. The number of amides is 1. The van der Waals surface area contributed by atoms with E-state index in [2.05, 4.69) is 11.9 Å². The molecule has 2 rings (SSSR count). The van der Waals surface area contributed by atoms with Gasteiger partial charge in [-0.2, -0.15) is 0 Å². The van der Waals surface area contributed by atoms with Crippen molar-refractivity contribution in [3.63, 3.8) is 0 Å². The van der Waals surface area contributed by atoms with Crippen LogP contribution in [0.5, 0.6) is 0 Å². The minimum absolute atomic E-state index is 0.141.